The maximum atomic E-state index is 3.68. The molecule has 2 rings (SSSR count). The molecule has 112 valence electrons. The highest BCUT2D eigenvalue weighted by atomic mass is 15.2. The highest BCUT2D eigenvalue weighted by Crippen LogP contribution is 2.24. The number of hydrogen-bond acceptors (Lipinski definition) is 2. The number of benzene rings is 1. The SMILES string of the molecule is CCCCCCNCC(c1ccccc1)N1CCCC1. The van der Waals surface area contributed by atoms with Crippen LogP contribution >= 0.6 is 0 Å². The Morgan fingerprint density at radius 1 is 1.05 bits per heavy atom. The van der Waals surface area contributed by atoms with Gasteiger partial charge in [-0.3, -0.25) is 4.90 Å². The van der Waals surface area contributed by atoms with Crippen molar-refractivity contribution in [3.63, 3.8) is 0 Å². The molecule has 20 heavy (non-hydrogen) atoms. The van der Waals surface area contributed by atoms with Gasteiger partial charge in [-0.05, 0) is 44.5 Å². The van der Waals surface area contributed by atoms with Crippen LogP contribution in [0.25, 0.3) is 0 Å². The number of rotatable bonds is 9. The van der Waals surface area contributed by atoms with Crippen molar-refractivity contribution in [2.24, 2.45) is 0 Å². The molecule has 2 nitrogen and oxygen atoms in total. The first-order valence-electron chi connectivity index (χ1n) is 8.41. The van der Waals surface area contributed by atoms with Crippen molar-refractivity contribution in [3.8, 4) is 0 Å². The predicted octanol–water partition coefficient (Wildman–Crippen LogP) is 3.99. The molecule has 0 amide bonds. The fraction of sp³-hybridized carbons (Fsp3) is 0.667. The van der Waals surface area contributed by atoms with Crippen molar-refractivity contribution in [1.29, 1.82) is 0 Å². The first-order chi connectivity index (χ1) is 9.92. The van der Waals surface area contributed by atoms with Crippen molar-refractivity contribution in [2.75, 3.05) is 26.2 Å². The minimum atomic E-state index is 0.560. The Balaban J connectivity index is 1.81. The fourth-order valence-corrected chi connectivity index (χ4v) is 3.10. The summed E-state index contributed by atoms with van der Waals surface area (Å²) in [6, 6.07) is 11.6. The van der Waals surface area contributed by atoms with Crippen LogP contribution in [0.3, 0.4) is 0 Å². The molecule has 0 spiro atoms. The Labute approximate surface area is 124 Å². The molecule has 1 saturated heterocycles. The summed E-state index contributed by atoms with van der Waals surface area (Å²) in [6.07, 6.45) is 8.09. The third-order valence-corrected chi connectivity index (χ3v) is 4.31. The number of likely N-dealkylation sites (tertiary alicyclic amines) is 1. The highest BCUT2D eigenvalue weighted by molar-refractivity contribution is 5.19. The second-order valence-corrected chi connectivity index (χ2v) is 5.93. The summed E-state index contributed by atoms with van der Waals surface area (Å²) in [5.41, 5.74) is 1.47. The Morgan fingerprint density at radius 3 is 2.50 bits per heavy atom. The minimum absolute atomic E-state index is 0.560. The molecule has 1 N–H and O–H groups in total. The summed E-state index contributed by atoms with van der Waals surface area (Å²) < 4.78 is 0. The van der Waals surface area contributed by atoms with E-state index in [1.54, 1.807) is 0 Å². The van der Waals surface area contributed by atoms with Gasteiger partial charge in [0.15, 0.2) is 0 Å². The van der Waals surface area contributed by atoms with Crippen LogP contribution < -0.4 is 5.32 Å². The lowest BCUT2D eigenvalue weighted by atomic mass is 10.1. The lowest BCUT2D eigenvalue weighted by Crippen LogP contribution is -2.34. The highest BCUT2D eigenvalue weighted by Gasteiger charge is 2.22. The Hall–Kier alpha value is -0.860. The minimum Gasteiger partial charge on any atom is -0.315 e. The van der Waals surface area contributed by atoms with Crippen LogP contribution in [0.15, 0.2) is 30.3 Å². The average Bonchev–Trinajstić information content (AvgIpc) is 3.01. The van der Waals surface area contributed by atoms with Crippen molar-refractivity contribution < 1.29 is 0 Å². The first kappa shape index (κ1) is 15.5. The van der Waals surface area contributed by atoms with E-state index < -0.39 is 0 Å². The molecule has 0 aliphatic carbocycles. The molecule has 1 aliphatic heterocycles. The third kappa shape index (κ3) is 4.92. The summed E-state index contributed by atoms with van der Waals surface area (Å²) >= 11 is 0. The number of unbranched alkanes of at least 4 members (excludes halogenated alkanes) is 3. The van der Waals surface area contributed by atoms with Gasteiger partial charge in [0.25, 0.3) is 0 Å². The second-order valence-electron chi connectivity index (χ2n) is 5.93. The predicted molar refractivity (Wildman–Crippen MR) is 87.0 cm³/mol. The zero-order valence-electron chi connectivity index (χ0n) is 13.0. The van der Waals surface area contributed by atoms with Gasteiger partial charge in [0.05, 0.1) is 0 Å². The average molecular weight is 274 g/mol. The Morgan fingerprint density at radius 2 is 1.80 bits per heavy atom. The van der Waals surface area contributed by atoms with Gasteiger partial charge in [0.2, 0.25) is 0 Å². The van der Waals surface area contributed by atoms with Gasteiger partial charge in [-0.15, -0.1) is 0 Å². The Bertz CT molecular complexity index is 344. The molecule has 1 aromatic carbocycles. The molecular weight excluding hydrogens is 244 g/mol. The normalized spacial score (nSPS) is 17.4. The van der Waals surface area contributed by atoms with Gasteiger partial charge in [-0.25, -0.2) is 0 Å². The number of hydrogen-bond donors (Lipinski definition) is 1. The van der Waals surface area contributed by atoms with Crippen LogP contribution in [0.5, 0.6) is 0 Å². The van der Waals surface area contributed by atoms with E-state index in [1.807, 2.05) is 0 Å². The summed E-state index contributed by atoms with van der Waals surface area (Å²) in [4.78, 5) is 2.65. The van der Waals surface area contributed by atoms with Crippen LogP contribution in [0, 0.1) is 0 Å². The molecule has 0 saturated carbocycles. The van der Waals surface area contributed by atoms with E-state index in [0.717, 1.165) is 13.1 Å². The molecule has 1 unspecified atom stereocenters. The van der Waals surface area contributed by atoms with Gasteiger partial charge < -0.3 is 5.32 Å². The molecular formula is C18H30N2. The standard InChI is InChI=1S/C18H30N2/c1-2-3-4-8-13-19-16-18(20-14-9-10-15-20)17-11-6-5-7-12-17/h5-7,11-12,18-19H,2-4,8-10,13-16H2,1H3. The Kier molecular flexibility index (Phi) is 7.10. The van der Waals surface area contributed by atoms with E-state index in [2.05, 4.69) is 47.5 Å². The maximum absolute atomic E-state index is 3.68. The topological polar surface area (TPSA) is 15.3 Å². The lowest BCUT2D eigenvalue weighted by Gasteiger charge is -2.28. The summed E-state index contributed by atoms with van der Waals surface area (Å²) in [5, 5.41) is 3.68. The molecule has 1 aliphatic rings. The lowest BCUT2D eigenvalue weighted by molar-refractivity contribution is 0.238. The van der Waals surface area contributed by atoms with E-state index >= 15 is 0 Å². The van der Waals surface area contributed by atoms with E-state index in [1.165, 1.54) is 57.2 Å². The monoisotopic (exact) mass is 274 g/mol. The van der Waals surface area contributed by atoms with Gasteiger partial charge in [-0.1, -0.05) is 56.5 Å². The van der Waals surface area contributed by atoms with E-state index in [4.69, 9.17) is 0 Å². The van der Waals surface area contributed by atoms with Crippen molar-refractivity contribution >= 4 is 0 Å². The zero-order valence-corrected chi connectivity index (χ0v) is 13.0. The van der Waals surface area contributed by atoms with Crippen LogP contribution in [0.4, 0.5) is 0 Å². The van der Waals surface area contributed by atoms with Crippen LogP contribution in [0.2, 0.25) is 0 Å². The molecule has 0 radical (unpaired) electrons. The van der Waals surface area contributed by atoms with E-state index in [0.29, 0.717) is 6.04 Å². The van der Waals surface area contributed by atoms with E-state index in [-0.39, 0.29) is 0 Å². The summed E-state index contributed by atoms with van der Waals surface area (Å²) in [7, 11) is 0. The molecule has 1 atom stereocenters. The second kappa shape index (κ2) is 9.15. The first-order valence-corrected chi connectivity index (χ1v) is 8.41. The number of nitrogens with zero attached hydrogens (tertiary/aromatic N) is 1. The van der Waals surface area contributed by atoms with Gasteiger partial charge >= 0.3 is 0 Å². The third-order valence-electron chi connectivity index (χ3n) is 4.31. The molecule has 0 aromatic heterocycles. The van der Waals surface area contributed by atoms with Gasteiger partial charge in [-0.2, -0.15) is 0 Å². The molecule has 1 aromatic rings. The van der Waals surface area contributed by atoms with Crippen molar-refractivity contribution in [2.45, 2.75) is 51.5 Å². The molecule has 1 fully saturated rings. The van der Waals surface area contributed by atoms with Gasteiger partial charge in [0, 0.05) is 12.6 Å². The van der Waals surface area contributed by atoms with Crippen molar-refractivity contribution in [1.82, 2.24) is 10.2 Å². The van der Waals surface area contributed by atoms with Crippen LogP contribution in [0.1, 0.15) is 57.1 Å². The maximum Gasteiger partial charge on any atom is 0.0472 e. The quantitative estimate of drug-likeness (QED) is 0.685. The molecule has 0 bridgehead atoms. The van der Waals surface area contributed by atoms with Gasteiger partial charge in [0.1, 0.15) is 0 Å². The fourth-order valence-electron chi connectivity index (χ4n) is 3.10. The van der Waals surface area contributed by atoms with E-state index in [9.17, 15) is 0 Å². The largest absolute Gasteiger partial charge is 0.315 e. The van der Waals surface area contributed by atoms with Crippen LogP contribution in [-0.4, -0.2) is 31.1 Å². The van der Waals surface area contributed by atoms with Crippen LogP contribution in [-0.2, 0) is 0 Å². The smallest absolute Gasteiger partial charge is 0.0472 e. The summed E-state index contributed by atoms with van der Waals surface area (Å²) in [5.74, 6) is 0. The van der Waals surface area contributed by atoms with Crippen molar-refractivity contribution in [3.05, 3.63) is 35.9 Å². The zero-order chi connectivity index (χ0) is 14.0. The summed E-state index contributed by atoms with van der Waals surface area (Å²) in [6.45, 7) is 7.05. The molecule has 1 heterocycles. The molecule has 2 heteroatoms. The number of nitrogens with one attached hydrogen (secondary N) is 1.